The molecule has 0 aliphatic carbocycles. The number of nitrogens with one attached hydrogen (secondary N) is 1. The average molecular weight is 259 g/mol. The van der Waals surface area contributed by atoms with Gasteiger partial charge < -0.3 is 9.73 Å². The molecule has 0 spiro atoms. The molecule has 1 N–H and O–H groups in total. The molecule has 1 rings (SSSR count). The quantitative estimate of drug-likeness (QED) is 0.814. The zero-order valence-electron chi connectivity index (χ0n) is 10.7. The third-order valence-corrected chi connectivity index (χ3v) is 3.71. The summed E-state index contributed by atoms with van der Waals surface area (Å²) in [6, 6.07) is 2.03. The van der Waals surface area contributed by atoms with Gasteiger partial charge in [0.15, 0.2) is 0 Å². The van der Waals surface area contributed by atoms with Gasteiger partial charge in [0, 0.05) is 12.0 Å². The highest BCUT2D eigenvalue weighted by Gasteiger charge is 2.16. The molecule has 0 aliphatic heterocycles. The predicted molar refractivity (Wildman–Crippen MR) is 68.8 cm³/mol. The molecule has 17 heavy (non-hydrogen) atoms. The Bertz CT molecular complexity index is 436. The van der Waals surface area contributed by atoms with Crippen LogP contribution in [-0.4, -0.2) is 27.0 Å². The van der Waals surface area contributed by atoms with E-state index in [2.05, 4.69) is 5.32 Å². The Morgan fingerprint density at radius 3 is 2.65 bits per heavy atom. The molecule has 0 aliphatic rings. The fourth-order valence-corrected chi connectivity index (χ4v) is 2.55. The molecule has 1 atom stereocenters. The fraction of sp³-hybridized carbons (Fsp3) is 0.667. The third-order valence-electron chi connectivity index (χ3n) is 2.68. The molecular weight excluding hydrogens is 238 g/mol. The molecule has 0 amide bonds. The normalized spacial score (nSPS) is 13.8. The van der Waals surface area contributed by atoms with E-state index in [1.54, 1.807) is 6.26 Å². The fourth-order valence-electron chi connectivity index (χ4n) is 1.86. The topological polar surface area (TPSA) is 59.3 Å². The number of hydrogen-bond donors (Lipinski definition) is 1. The maximum absolute atomic E-state index is 11.1. The number of sulfone groups is 1. The maximum atomic E-state index is 11.1. The Balaban J connectivity index is 2.59. The van der Waals surface area contributed by atoms with Crippen molar-refractivity contribution in [2.24, 2.45) is 0 Å². The minimum atomic E-state index is -2.87. The second kappa shape index (κ2) is 6.21. The zero-order valence-corrected chi connectivity index (χ0v) is 11.5. The van der Waals surface area contributed by atoms with E-state index in [1.807, 2.05) is 19.9 Å². The molecule has 1 unspecified atom stereocenters. The zero-order chi connectivity index (χ0) is 12.9. The molecule has 0 fully saturated rings. The van der Waals surface area contributed by atoms with Crippen molar-refractivity contribution in [3.8, 4) is 0 Å². The van der Waals surface area contributed by atoms with Gasteiger partial charge in [-0.2, -0.15) is 0 Å². The van der Waals surface area contributed by atoms with Crippen molar-refractivity contribution in [2.75, 3.05) is 18.6 Å². The molecule has 0 saturated heterocycles. The maximum Gasteiger partial charge on any atom is 0.147 e. The molecule has 5 heteroatoms. The van der Waals surface area contributed by atoms with Crippen LogP contribution in [0.3, 0.4) is 0 Å². The number of hydrogen-bond acceptors (Lipinski definition) is 4. The molecular formula is C12H21NO3S. The Morgan fingerprint density at radius 1 is 1.47 bits per heavy atom. The summed E-state index contributed by atoms with van der Waals surface area (Å²) in [6.07, 6.45) is 4.37. The van der Waals surface area contributed by atoms with Crippen LogP contribution in [0, 0.1) is 6.92 Å². The van der Waals surface area contributed by atoms with E-state index < -0.39 is 9.84 Å². The first-order valence-corrected chi connectivity index (χ1v) is 7.95. The van der Waals surface area contributed by atoms with E-state index in [-0.39, 0.29) is 11.8 Å². The van der Waals surface area contributed by atoms with E-state index in [0.29, 0.717) is 6.42 Å². The summed E-state index contributed by atoms with van der Waals surface area (Å²) < 4.78 is 27.6. The van der Waals surface area contributed by atoms with E-state index >= 15 is 0 Å². The summed E-state index contributed by atoms with van der Waals surface area (Å²) >= 11 is 0. The lowest BCUT2D eigenvalue weighted by molar-refractivity contribution is 0.396. The van der Waals surface area contributed by atoms with Crippen molar-refractivity contribution in [3.63, 3.8) is 0 Å². The van der Waals surface area contributed by atoms with Crippen LogP contribution in [0.15, 0.2) is 16.7 Å². The summed E-state index contributed by atoms with van der Waals surface area (Å²) in [4.78, 5) is 0. The van der Waals surface area contributed by atoms with E-state index in [4.69, 9.17) is 4.42 Å². The molecule has 0 radical (unpaired) electrons. The largest absolute Gasteiger partial charge is 0.467 e. The van der Waals surface area contributed by atoms with Gasteiger partial charge in [0.05, 0.1) is 12.3 Å². The third kappa shape index (κ3) is 4.91. The second-order valence-electron chi connectivity index (χ2n) is 4.35. The van der Waals surface area contributed by atoms with Crippen LogP contribution in [0.1, 0.15) is 37.1 Å². The van der Waals surface area contributed by atoms with Gasteiger partial charge in [0.1, 0.15) is 15.6 Å². The monoisotopic (exact) mass is 259 g/mol. The van der Waals surface area contributed by atoms with E-state index in [0.717, 1.165) is 24.3 Å². The second-order valence-corrected chi connectivity index (χ2v) is 6.61. The summed E-state index contributed by atoms with van der Waals surface area (Å²) in [5.41, 5.74) is 1.11. The predicted octanol–water partition coefficient (Wildman–Crippen LogP) is 2.06. The van der Waals surface area contributed by atoms with Crippen molar-refractivity contribution in [1.82, 2.24) is 5.32 Å². The van der Waals surface area contributed by atoms with E-state index in [1.165, 1.54) is 6.26 Å². The van der Waals surface area contributed by atoms with Gasteiger partial charge in [0.25, 0.3) is 0 Å². The summed E-state index contributed by atoms with van der Waals surface area (Å²) in [5, 5.41) is 3.32. The van der Waals surface area contributed by atoms with Gasteiger partial charge in [-0.25, -0.2) is 8.42 Å². The van der Waals surface area contributed by atoms with Crippen molar-refractivity contribution < 1.29 is 12.8 Å². The van der Waals surface area contributed by atoms with Gasteiger partial charge in [-0.15, -0.1) is 0 Å². The van der Waals surface area contributed by atoms with Crippen molar-refractivity contribution >= 4 is 9.84 Å². The van der Waals surface area contributed by atoms with Gasteiger partial charge in [-0.1, -0.05) is 6.92 Å². The first-order chi connectivity index (χ1) is 7.94. The Labute approximate surface area is 103 Å². The minimum Gasteiger partial charge on any atom is -0.467 e. The van der Waals surface area contributed by atoms with Gasteiger partial charge >= 0.3 is 0 Å². The van der Waals surface area contributed by atoms with Crippen LogP contribution in [0.4, 0.5) is 0 Å². The number of rotatable bonds is 7. The summed E-state index contributed by atoms with van der Waals surface area (Å²) in [5.74, 6) is 1.15. The van der Waals surface area contributed by atoms with Crippen LogP contribution < -0.4 is 5.32 Å². The van der Waals surface area contributed by atoms with Crippen LogP contribution in [-0.2, 0) is 9.84 Å². The lowest BCUT2D eigenvalue weighted by atomic mass is 10.1. The molecule has 1 heterocycles. The Morgan fingerprint density at radius 2 is 2.18 bits per heavy atom. The SMILES string of the molecule is CCNC(CCCS(C)(=O)=O)c1occc1C. The van der Waals surface area contributed by atoms with Crippen LogP contribution in [0.25, 0.3) is 0 Å². The summed E-state index contributed by atoms with van der Waals surface area (Å²) in [7, 11) is -2.87. The minimum absolute atomic E-state index is 0.108. The molecule has 0 aromatic carbocycles. The molecule has 0 saturated carbocycles. The van der Waals surface area contributed by atoms with Crippen molar-refractivity contribution in [1.29, 1.82) is 0 Å². The van der Waals surface area contributed by atoms with Gasteiger partial charge in [0.2, 0.25) is 0 Å². The lowest BCUT2D eigenvalue weighted by Gasteiger charge is -2.16. The molecule has 4 nitrogen and oxygen atoms in total. The van der Waals surface area contributed by atoms with Crippen molar-refractivity contribution in [3.05, 3.63) is 23.7 Å². The smallest absolute Gasteiger partial charge is 0.147 e. The standard InChI is InChI=1S/C12H21NO3S/c1-4-13-11(6-5-9-17(3,14)15)12-10(2)7-8-16-12/h7-8,11,13H,4-6,9H2,1-3H3. The Hall–Kier alpha value is -0.810. The highest BCUT2D eigenvalue weighted by atomic mass is 32.2. The van der Waals surface area contributed by atoms with Crippen LogP contribution in [0.5, 0.6) is 0 Å². The first kappa shape index (κ1) is 14.3. The Kier molecular flexibility index (Phi) is 5.21. The van der Waals surface area contributed by atoms with Crippen molar-refractivity contribution in [2.45, 2.75) is 32.7 Å². The molecule has 0 bridgehead atoms. The van der Waals surface area contributed by atoms with Crippen LogP contribution >= 0.6 is 0 Å². The van der Waals surface area contributed by atoms with Crippen LogP contribution in [0.2, 0.25) is 0 Å². The number of aryl methyl sites for hydroxylation is 1. The van der Waals surface area contributed by atoms with Gasteiger partial charge in [-0.05, 0) is 37.9 Å². The highest BCUT2D eigenvalue weighted by molar-refractivity contribution is 7.90. The first-order valence-electron chi connectivity index (χ1n) is 5.89. The lowest BCUT2D eigenvalue weighted by Crippen LogP contribution is -2.21. The molecule has 1 aromatic rings. The van der Waals surface area contributed by atoms with E-state index in [9.17, 15) is 8.42 Å². The number of furan rings is 1. The average Bonchev–Trinajstić information content (AvgIpc) is 2.61. The molecule has 1 aromatic heterocycles. The van der Waals surface area contributed by atoms with Gasteiger partial charge in [-0.3, -0.25) is 0 Å². The summed E-state index contributed by atoms with van der Waals surface area (Å²) in [6.45, 7) is 4.87. The highest BCUT2D eigenvalue weighted by Crippen LogP contribution is 2.23. The molecule has 98 valence electrons.